The van der Waals surface area contributed by atoms with Gasteiger partial charge < -0.3 is 10.1 Å². The van der Waals surface area contributed by atoms with Crippen LogP contribution in [0.2, 0.25) is 0 Å². The third kappa shape index (κ3) is 3.24. The standard InChI is InChI=1S/C14H17BrN2O/c1-14(4-6-18-7-5-14)10-17-12-3-2-11(9-16)13(15)8-12/h2-3,8,17H,4-7,10H2,1H3. The Morgan fingerprint density at radius 1 is 1.44 bits per heavy atom. The number of halogens is 1. The molecule has 3 nitrogen and oxygen atoms in total. The van der Waals surface area contributed by atoms with Gasteiger partial charge in [-0.05, 0) is 52.4 Å². The van der Waals surface area contributed by atoms with Crippen LogP contribution in [-0.2, 0) is 4.74 Å². The molecule has 0 atom stereocenters. The fourth-order valence-electron chi connectivity index (χ4n) is 2.07. The lowest BCUT2D eigenvalue weighted by molar-refractivity contribution is 0.0300. The smallest absolute Gasteiger partial charge is 0.100 e. The Balaban J connectivity index is 1.98. The summed E-state index contributed by atoms with van der Waals surface area (Å²) in [5.74, 6) is 0. The van der Waals surface area contributed by atoms with Crippen molar-refractivity contribution in [3.63, 3.8) is 0 Å². The minimum absolute atomic E-state index is 0.304. The third-order valence-electron chi connectivity index (χ3n) is 3.51. The molecule has 1 heterocycles. The van der Waals surface area contributed by atoms with Crippen molar-refractivity contribution in [1.29, 1.82) is 5.26 Å². The molecule has 1 aliphatic heterocycles. The van der Waals surface area contributed by atoms with Crippen molar-refractivity contribution in [3.8, 4) is 6.07 Å². The average molecular weight is 309 g/mol. The van der Waals surface area contributed by atoms with Crippen LogP contribution in [0.25, 0.3) is 0 Å². The number of nitrogens with one attached hydrogen (secondary N) is 1. The highest BCUT2D eigenvalue weighted by atomic mass is 79.9. The summed E-state index contributed by atoms with van der Waals surface area (Å²) in [5, 5.41) is 12.3. The molecule has 96 valence electrons. The second kappa shape index (κ2) is 5.73. The normalized spacial score (nSPS) is 18.1. The zero-order valence-corrected chi connectivity index (χ0v) is 12.1. The number of rotatable bonds is 3. The Morgan fingerprint density at radius 3 is 2.78 bits per heavy atom. The fourth-order valence-corrected chi connectivity index (χ4v) is 2.54. The fraction of sp³-hybridized carbons (Fsp3) is 0.500. The predicted octanol–water partition coefficient (Wildman–Crippen LogP) is 3.55. The number of anilines is 1. The van der Waals surface area contributed by atoms with Crippen LogP contribution >= 0.6 is 15.9 Å². The monoisotopic (exact) mass is 308 g/mol. The molecule has 0 saturated carbocycles. The number of nitrogens with zero attached hydrogens (tertiary/aromatic N) is 1. The summed E-state index contributed by atoms with van der Waals surface area (Å²) in [6.07, 6.45) is 2.19. The van der Waals surface area contributed by atoms with Crippen LogP contribution in [0.5, 0.6) is 0 Å². The Morgan fingerprint density at radius 2 is 2.17 bits per heavy atom. The van der Waals surface area contributed by atoms with E-state index in [9.17, 15) is 0 Å². The molecule has 1 saturated heterocycles. The average Bonchev–Trinajstić information content (AvgIpc) is 2.38. The van der Waals surface area contributed by atoms with E-state index in [4.69, 9.17) is 10.00 Å². The van der Waals surface area contributed by atoms with Crippen LogP contribution in [0.3, 0.4) is 0 Å². The van der Waals surface area contributed by atoms with E-state index in [2.05, 4.69) is 34.2 Å². The van der Waals surface area contributed by atoms with Gasteiger partial charge in [0.15, 0.2) is 0 Å². The van der Waals surface area contributed by atoms with Crippen LogP contribution < -0.4 is 5.32 Å². The molecule has 0 bridgehead atoms. The lowest BCUT2D eigenvalue weighted by atomic mass is 9.82. The van der Waals surface area contributed by atoms with E-state index in [0.717, 1.165) is 42.8 Å². The highest BCUT2D eigenvalue weighted by Gasteiger charge is 2.26. The summed E-state index contributed by atoms with van der Waals surface area (Å²) in [6.45, 7) is 4.94. The molecule has 4 heteroatoms. The number of nitriles is 1. The summed E-state index contributed by atoms with van der Waals surface area (Å²) in [5.41, 5.74) is 2.02. The van der Waals surface area contributed by atoms with Gasteiger partial charge in [0.05, 0.1) is 5.56 Å². The van der Waals surface area contributed by atoms with Gasteiger partial charge in [-0.2, -0.15) is 5.26 Å². The number of ether oxygens (including phenoxy) is 1. The predicted molar refractivity (Wildman–Crippen MR) is 75.5 cm³/mol. The van der Waals surface area contributed by atoms with Crippen LogP contribution in [0, 0.1) is 16.7 Å². The molecule has 0 aromatic heterocycles. The van der Waals surface area contributed by atoms with Gasteiger partial charge in [0.25, 0.3) is 0 Å². The summed E-state index contributed by atoms with van der Waals surface area (Å²) < 4.78 is 6.23. The van der Waals surface area contributed by atoms with E-state index in [-0.39, 0.29) is 0 Å². The van der Waals surface area contributed by atoms with E-state index in [1.54, 1.807) is 0 Å². The number of hydrogen-bond acceptors (Lipinski definition) is 3. The minimum Gasteiger partial charge on any atom is -0.384 e. The second-order valence-electron chi connectivity index (χ2n) is 5.08. The van der Waals surface area contributed by atoms with Crippen molar-refractivity contribution in [1.82, 2.24) is 0 Å². The maximum atomic E-state index is 8.87. The summed E-state index contributed by atoms with van der Waals surface area (Å²) in [6, 6.07) is 7.89. The number of hydrogen-bond donors (Lipinski definition) is 1. The molecule has 1 N–H and O–H groups in total. The van der Waals surface area contributed by atoms with Gasteiger partial charge in [-0.25, -0.2) is 0 Å². The maximum Gasteiger partial charge on any atom is 0.100 e. The van der Waals surface area contributed by atoms with Gasteiger partial charge in [-0.15, -0.1) is 0 Å². The van der Waals surface area contributed by atoms with Gasteiger partial charge in [0.1, 0.15) is 6.07 Å². The first-order chi connectivity index (χ1) is 8.63. The zero-order valence-electron chi connectivity index (χ0n) is 10.5. The first-order valence-electron chi connectivity index (χ1n) is 6.14. The summed E-state index contributed by atoms with van der Waals surface area (Å²) in [4.78, 5) is 0. The molecule has 0 spiro atoms. The topological polar surface area (TPSA) is 45.0 Å². The molecule has 0 radical (unpaired) electrons. The van der Waals surface area contributed by atoms with Crippen LogP contribution in [0.4, 0.5) is 5.69 Å². The van der Waals surface area contributed by atoms with Crippen molar-refractivity contribution in [2.75, 3.05) is 25.1 Å². The molecule has 18 heavy (non-hydrogen) atoms. The Kier molecular flexibility index (Phi) is 4.26. The molecule has 1 aliphatic rings. The Labute approximate surface area is 116 Å². The first-order valence-corrected chi connectivity index (χ1v) is 6.94. The van der Waals surface area contributed by atoms with Crippen molar-refractivity contribution in [2.24, 2.45) is 5.41 Å². The molecule has 1 aromatic carbocycles. The molecule has 1 fully saturated rings. The molecule has 0 unspecified atom stereocenters. The van der Waals surface area contributed by atoms with E-state index < -0.39 is 0 Å². The molecular weight excluding hydrogens is 292 g/mol. The highest BCUT2D eigenvalue weighted by molar-refractivity contribution is 9.10. The van der Waals surface area contributed by atoms with Gasteiger partial charge in [0.2, 0.25) is 0 Å². The lowest BCUT2D eigenvalue weighted by Gasteiger charge is -2.34. The highest BCUT2D eigenvalue weighted by Crippen LogP contribution is 2.30. The van der Waals surface area contributed by atoms with Crippen molar-refractivity contribution in [2.45, 2.75) is 19.8 Å². The maximum absolute atomic E-state index is 8.87. The van der Waals surface area contributed by atoms with Crippen molar-refractivity contribution >= 4 is 21.6 Å². The van der Waals surface area contributed by atoms with E-state index in [1.165, 1.54) is 0 Å². The van der Waals surface area contributed by atoms with Gasteiger partial charge in [0, 0.05) is 29.9 Å². The summed E-state index contributed by atoms with van der Waals surface area (Å²) in [7, 11) is 0. The molecule has 0 amide bonds. The zero-order chi connectivity index (χ0) is 13.0. The Bertz CT molecular complexity index is 461. The van der Waals surface area contributed by atoms with Gasteiger partial charge >= 0.3 is 0 Å². The molecule has 2 rings (SSSR count). The van der Waals surface area contributed by atoms with Crippen LogP contribution in [-0.4, -0.2) is 19.8 Å². The van der Waals surface area contributed by atoms with E-state index in [1.807, 2.05) is 18.2 Å². The molecule has 1 aromatic rings. The van der Waals surface area contributed by atoms with Crippen LogP contribution in [0.15, 0.2) is 22.7 Å². The third-order valence-corrected chi connectivity index (χ3v) is 4.16. The number of benzene rings is 1. The SMILES string of the molecule is CC1(CNc2ccc(C#N)c(Br)c2)CCOCC1. The minimum atomic E-state index is 0.304. The van der Waals surface area contributed by atoms with Crippen LogP contribution in [0.1, 0.15) is 25.3 Å². The molecular formula is C14H17BrN2O. The first kappa shape index (κ1) is 13.4. The van der Waals surface area contributed by atoms with Gasteiger partial charge in [-0.1, -0.05) is 6.92 Å². The lowest BCUT2D eigenvalue weighted by Crippen LogP contribution is -2.33. The van der Waals surface area contributed by atoms with E-state index >= 15 is 0 Å². The van der Waals surface area contributed by atoms with E-state index in [0.29, 0.717) is 11.0 Å². The second-order valence-corrected chi connectivity index (χ2v) is 5.94. The quantitative estimate of drug-likeness (QED) is 0.928. The summed E-state index contributed by atoms with van der Waals surface area (Å²) >= 11 is 3.40. The van der Waals surface area contributed by atoms with Crippen molar-refractivity contribution < 1.29 is 4.74 Å². The van der Waals surface area contributed by atoms with Gasteiger partial charge in [-0.3, -0.25) is 0 Å². The van der Waals surface area contributed by atoms with Crippen molar-refractivity contribution in [3.05, 3.63) is 28.2 Å². The molecule has 0 aliphatic carbocycles. The Hall–Kier alpha value is -1.05. The largest absolute Gasteiger partial charge is 0.384 e.